The van der Waals surface area contributed by atoms with Crippen LogP contribution in [0, 0.1) is 10.1 Å². The number of benzene rings is 1. The summed E-state index contributed by atoms with van der Waals surface area (Å²) in [5.41, 5.74) is 0.675. The highest BCUT2D eigenvalue weighted by molar-refractivity contribution is 7.72. The average Bonchev–Trinajstić information content (AvgIpc) is 2.66. The highest BCUT2D eigenvalue weighted by atomic mass is 31.2. The summed E-state index contributed by atoms with van der Waals surface area (Å²) in [7, 11) is -7.61. The van der Waals surface area contributed by atoms with E-state index < -0.39 is 25.5 Å². The van der Waals surface area contributed by atoms with Crippen molar-refractivity contribution in [1.82, 2.24) is 0 Å². The molecule has 0 bridgehead atoms. The van der Waals surface area contributed by atoms with Gasteiger partial charge in [0.25, 0.3) is 5.69 Å². The Balaban J connectivity index is 3.20. The van der Waals surface area contributed by atoms with Crippen LogP contribution in [0.2, 0.25) is 0 Å². The third-order valence-electron chi connectivity index (χ3n) is 3.73. The molecule has 1 aromatic rings. The highest BCUT2D eigenvalue weighted by Gasteiger charge is 2.49. The van der Waals surface area contributed by atoms with Crippen molar-refractivity contribution in [3.05, 3.63) is 46.0 Å². The third-order valence-corrected chi connectivity index (χ3v) is 9.78. The van der Waals surface area contributed by atoms with E-state index in [1.165, 1.54) is 12.1 Å². The number of hydrogen-bond acceptors (Lipinski definition) is 8. The minimum absolute atomic E-state index is 0.0191. The predicted octanol–water partition coefficient (Wildman–Crippen LogP) is 5.86. The molecular formula is C18H29NO8P2. The number of allylic oxidation sites excluding steroid dienone is 1. The lowest BCUT2D eigenvalue weighted by Gasteiger charge is -2.30. The minimum Gasteiger partial charge on any atom is -0.308 e. The second kappa shape index (κ2) is 12.4. The first kappa shape index (κ1) is 25.7. The van der Waals surface area contributed by atoms with Gasteiger partial charge in [-0.2, -0.15) is 0 Å². The van der Waals surface area contributed by atoms with Crippen molar-refractivity contribution >= 4 is 27.0 Å². The lowest BCUT2D eigenvalue weighted by molar-refractivity contribution is -0.384. The molecular weight excluding hydrogens is 420 g/mol. The van der Waals surface area contributed by atoms with Gasteiger partial charge < -0.3 is 18.1 Å². The van der Waals surface area contributed by atoms with E-state index in [1.807, 2.05) is 0 Å². The van der Waals surface area contributed by atoms with Crippen LogP contribution < -0.4 is 0 Å². The van der Waals surface area contributed by atoms with Crippen LogP contribution in [0.25, 0.3) is 6.08 Å². The summed E-state index contributed by atoms with van der Waals surface area (Å²) >= 11 is 0. The van der Waals surface area contributed by atoms with Gasteiger partial charge in [-0.1, -0.05) is 12.2 Å². The molecule has 29 heavy (non-hydrogen) atoms. The van der Waals surface area contributed by atoms with Crippen LogP contribution in [0.5, 0.6) is 0 Å². The summed E-state index contributed by atoms with van der Waals surface area (Å²) in [5.74, 6) is 0. The zero-order valence-electron chi connectivity index (χ0n) is 17.2. The summed E-state index contributed by atoms with van der Waals surface area (Å²) in [6, 6.07) is 5.93. The van der Waals surface area contributed by atoms with Gasteiger partial charge in [-0.25, -0.2) is 0 Å². The van der Waals surface area contributed by atoms with Crippen LogP contribution in [0.15, 0.2) is 30.3 Å². The van der Waals surface area contributed by atoms with Crippen molar-refractivity contribution in [3.8, 4) is 0 Å². The molecule has 0 atom stereocenters. The number of rotatable bonds is 14. The molecule has 0 spiro atoms. The maximum absolute atomic E-state index is 13.4. The molecule has 0 radical (unpaired) electrons. The lowest BCUT2D eigenvalue weighted by atomic mass is 10.2. The van der Waals surface area contributed by atoms with E-state index in [0.717, 1.165) is 0 Å². The quantitative estimate of drug-likeness (QED) is 0.197. The fraction of sp³-hybridized carbons (Fsp3) is 0.556. The van der Waals surface area contributed by atoms with Gasteiger partial charge in [0.15, 0.2) is 5.40 Å². The van der Waals surface area contributed by atoms with Crippen molar-refractivity contribution < 1.29 is 32.1 Å². The Morgan fingerprint density at radius 2 is 1.31 bits per heavy atom. The first-order valence-electron chi connectivity index (χ1n) is 9.44. The third kappa shape index (κ3) is 7.45. The highest BCUT2D eigenvalue weighted by Crippen LogP contribution is 2.71. The Morgan fingerprint density at radius 3 is 1.66 bits per heavy atom. The molecule has 1 rings (SSSR count). The van der Waals surface area contributed by atoms with Crippen molar-refractivity contribution in [3.63, 3.8) is 0 Å². The molecule has 0 N–H and O–H groups in total. The SMILES string of the molecule is CCOP(=O)(OCC)C(C/C=C/c1ccc([N+](=O)[O-])cc1)P(=O)(OCC)OCC. The zero-order valence-corrected chi connectivity index (χ0v) is 19.0. The van der Waals surface area contributed by atoms with E-state index >= 15 is 0 Å². The summed E-state index contributed by atoms with van der Waals surface area (Å²) in [6.07, 6.45) is 3.38. The Morgan fingerprint density at radius 1 is 0.897 bits per heavy atom. The molecule has 9 nitrogen and oxygen atoms in total. The van der Waals surface area contributed by atoms with Gasteiger partial charge in [-0.15, -0.1) is 0 Å². The van der Waals surface area contributed by atoms with Crippen molar-refractivity contribution in [2.24, 2.45) is 0 Å². The van der Waals surface area contributed by atoms with Crippen LogP contribution in [-0.2, 0) is 27.2 Å². The number of non-ortho nitro benzene ring substituents is 1. The van der Waals surface area contributed by atoms with E-state index in [0.29, 0.717) is 5.56 Å². The van der Waals surface area contributed by atoms with Crippen LogP contribution in [0.3, 0.4) is 0 Å². The maximum Gasteiger partial charge on any atom is 0.346 e. The molecule has 0 aliphatic heterocycles. The van der Waals surface area contributed by atoms with E-state index in [9.17, 15) is 19.2 Å². The fourth-order valence-corrected chi connectivity index (χ4v) is 7.83. The molecule has 0 aliphatic carbocycles. The summed E-state index contributed by atoms with van der Waals surface area (Å²) in [6.45, 7) is 7.11. The molecule has 0 aliphatic rings. The van der Waals surface area contributed by atoms with Crippen LogP contribution >= 0.6 is 15.2 Å². The molecule has 11 heteroatoms. The van der Waals surface area contributed by atoms with Crippen LogP contribution in [0.4, 0.5) is 5.69 Å². The predicted molar refractivity (Wildman–Crippen MR) is 112 cm³/mol. The number of nitro groups is 1. The molecule has 0 aromatic heterocycles. The van der Waals surface area contributed by atoms with E-state index in [4.69, 9.17) is 18.1 Å². The van der Waals surface area contributed by atoms with Gasteiger partial charge >= 0.3 is 15.2 Å². The van der Waals surface area contributed by atoms with Gasteiger partial charge in [0.2, 0.25) is 0 Å². The molecule has 0 fully saturated rings. The van der Waals surface area contributed by atoms with Crippen molar-refractivity contribution in [2.75, 3.05) is 26.4 Å². The largest absolute Gasteiger partial charge is 0.346 e. The van der Waals surface area contributed by atoms with Gasteiger partial charge in [0.1, 0.15) is 0 Å². The van der Waals surface area contributed by atoms with Gasteiger partial charge in [0.05, 0.1) is 31.4 Å². The smallest absolute Gasteiger partial charge is 0.308 e. The Kier molecular flexibility index (Phi) is 11.0. The average molecular weight is 449 g/mol. The van der Waals surface area contributed by atoms with Gasteiger partial charge in [-0.3, -0.25) is 19.2 Å². The second-order valence-electron chi connectivity index (χ2n) is 5.72. The Hall–Kier alpha value is -1.34. The Labute approximate surface area is 171 Å². The molecule has 0 saturated heterocycles. The van der Waals surface area contributed by atoms with Gasteiger partial charge in [0, 0.05) is 12.1 Å². The summed E-state index contributed by atoms with van der Waals surface area (Å²) < 4.78 is 48.4. The second-order valence-corrected chi connectivity index (χ2v) is 10.6. The van der Waals surface area contributed by atoms with Crippen molar-refractivity contribution in [1.29, 1.82) is 0 Å². The maximum atomic E-state index is 13.4. The first-order valence-corrected chi connectivity index (χ1v) is 12.7. The first-order chi connectivity index (χ1) is 13.8. The molecule has 164 valence electrons. The minimum atomic E-state index is -3.81. The van der Waals surface area contributed by atoms with E-state index in [-0.39, 0.29) is 38.5 Å². The fourth-order valence-electron chi connectivity index (χ4n) is 2.60. The van der Waals surface area contributed by atoms with Crippen LogP contribution in [-0.4, -0.2) is 36.8 Å². The standard InChI is InChI=1S/C18H29NO8P2/c1-5-24-28(22,25-6-2)18(29(23,26-7-3)27-8-4)11-9-10-16-12-14-17(15-13-16)19(20)21/h9-10,12-15,18H,5-8,11H2,1-4H3/b10-9+. The molecule has 1 aromatic carbocycles. The van der Waals surface area contributed by atoms with Crippen LogP contribution in [0.1, 0.15) is 39.7 Å². The normalized spacial score (nSPS) is 12.7. The number of nitrogens with zero attached hydrogens (tertiary/aromatic N) is 1. The topological polar surface area (TPSA) is 114 Å². The monoisotopic (exact) mass is 449 g/mol. The van der Waals surface area contributed by atoms with Gasteiger partial charge in [-0.05, 0) is 51.8 Å². The van der Waals surface area contributed by atoms with Crippen molar-refractivity contribution in [2.45, 2.75) is 39.5 Å². The Bertz CT molecular complexity index is 716. The van der Waals surface area contributed by atoms with E-state index in [1.54, 1.807) is 52.0 Å². The molecule has 0 saturated carbocycles. The number of nitro benzene ring substituents is 1. The molecule has 0 heterocycles. The zero-order chi connectivity index (χ0) is 21.9. The number of hydrogen-bond donors (Lipinski definition) is 0. The molecule has 0 unspecified atom stereocenters. The summed E-state index contributed by atoms with van der Waals surface area (Å²) in [5, 5.41) is 9.62. The summed E-state index contributed by atoms with van der Waals surface area (Å²) in [4.78, 5) is 10.3. The molecule has 0 amide bonds. The van der Waals surface area contributed by atoms with E-state index in [2.05, 4.69) is 0 Å². The lowest BCUT2D eigenvalue weighted by Crippen LogP contribution is -2.17.